The van der Waals surface area contributed by atoms with E-state index in [0.717, 1.165) is 6.07 Å². The number of carbonyl (C=O) groups is 2. The average Bonchev–Trinajstić information content (AvgIpc) is 2.54. The molecule has 8 heteroatoms. The van der Waals surface area contributed by atoms with Crippen LogP contribution in [-0.2, 0) is 15.1 Å². The third-order valence-electron chi connectivity index (χ3n) is 2.83. The molecule has 1 heterocycles. The highest BCUT2D eigenvalue weighted by Gasteiger charge is 2.50. The van der Waals surface area contributed by atoms with Crippen molar-refractivity contribution in [3.8, 4) is 0 Å². The van der Waals surface area contributed by atoms with Crippen LogP contribution in [0.25, 0.3) is 0 Å². The first-order valence-electron chi connectivity index (χ1n) is 5.39. The van der Waals surface area contributed by atoms with E-state index in [-0.39, 0.29) is 10.6 Å². The Hall–Kier alpha value is -2.28. The Balaban J connectivity index is 2.49. The number of aliphatic hydroxyl groups excluding tert-OH is 1. The lowest BCUT2D eigenvalue weighted by Crippen LogP contribution is -2.33. The molecule has 0 aromatic heterocycles. The lowest BCUT2D eigenvalue weighted by atomic mass is 9.91. The Bertz CT molecular complexity index is 624. The number of hydrogen-bond donors (Lipinski definition) is 3. The standard InChI is InChI=1S/C12H9ClFNO5/c1-12(7-5(13)3-2-4-6(7)14)9(17)8(16)10(20-12)15-11(18)19/h2-4,15-16H,1H3,(H,18,19). The van der Waals surface area contributed by atoms with Crippen LogP contribution in [0.15, 0.2) is 29.8 Å². The minimum absolute atomic E-state index is 0.0785. The summed E-state index contributed by atoms with van der Waals surface area (Å²) in [5, 5.41) is 19.8. The first-order chi connectivity index (χ1) is 9.27. The zero-order valence-electron chi connectivity index (χ0n) is 10.1. The van der Waals surface area contributed by atoms with Crippen molar-refractivity contribution < 1.29 is 28.9 Å². The topological polar surface area (TPSA) is 95.9 Å². The molecule has 0 spiro atoms. The van der Waals surface area contributed by atoms with Crippen molar-refractivity contribution >= 4 is 23.5 Å². The fraction of sp³-hybridized carbons (Fsp3) is 0.167. The normalized spacial score (nSPS) is 21.9. The minimum Gasteiger partial charge on any atom is -0.501 e. The molecule has 106 valence electrons. The van der Waals surface area contributed by atoms with Gasteiger partial charge in [-0.3, -0.25) is 10.1 Å². The van der Waals surface area contributed by atoms with Crippen LogP contribution in [-0.4, -0.2) is 22.1 Å². The number of nitrogens with one attached hydrogen (secondary N) is 1. The van der Waals surface area contributed by atoms with Gasteiger partial charge in [-0.15, -0.1) is 0 Å². The molecule has 0 fully saturated rings. The molecule has 1 atom stereocenters. The molecular weight excluding hydrogens is 293 g/mol. The Morgan fingerprint density at radius 1 is 1.50 bits per heavy atom. The molecule has 0 radical (unpaired) electrons. The van der Waals surface area contributed by atoms with Gasteiger partial charge in [-0.05, 0) is 19.1 Å². The van der Waals surface area contributed by atoms with Crippen LogP contribution in [0, 0.1) is 5.82 Å². The highest BCUT2D eigenvalue weighted by atomic mass is 35.5. The summed E-state index contributed by atoms with van der Waals surface area (Å²) in [6.07, 6.45) is -1.54. The van der Waals surface area contributed by atoms with Crippen molar-refractivity contribution in [2.75, 3.05) is 0 Å². The van der Waals surface area contributed by atoms with E-state index in [4.69, 9.17) is 21.4 Å². The van der Waals surface area contributed by atoms with Crippen LogP contribution in [0.5, 0.6) is 0 Å². The van der Waals surface area contributed by atoms with Gasteiger partial charge in [0.1, 0.15) is 5.82 Å². The smallest absolute Gasteiger partial charge is 0.411 e. The average molecular weight is 302 g/mol. The van der Waals surface area contributed by atoms with E-state index in [9.17, 15) is 19.1 Å². The van der Waals surface area contributed by atoms with Gasteiger partial charge >= 0.3 is 6.09 Å². The molecule has 3 N–H and O–H groups in total. The summed E-state index contributed by atoms with van der Waals surface area (Å²) < 4.78 is 19.0. The molecule has 0 bridgehead atoms. The largest absolute Gasteiger partial charge is 0.501 e. The molecule has 0 saturated carbocycles. The molecule has 1 amide bonds. The van der Waals surface area contributed by atoms with E-state index in [1.54, 1.807) is 5.32 Å². The monoisotopic (exact) mass is 301 g/mol. The highest BCUT2D eigenvalue weighted by molar-refractivity contribution is 6.32. The van der Waals surface area contributed by atoms with Gasteiger partial charge in [-0.1, -0.05) is 17.7 Å². The second-order valence-electron chi connectivity index (χ2n) is 4.17. The zero-order valence-corrected chi connectivity index (χ0v) is 10.9. The van der Waals surface area contributed by atoms with E-state index in [0.29, 0.717) is 0 Å². The maximum atomic E-state index is 13.9. The SMILES string of the molecule is CC1(c2c(F)cccc2Cl)OC(NC(=O)O)=C(O)C1=O. The Morgan fingerprint density at radius 3 is 2.70 bits per heavy atom. The van der Waals surface area contributed by atoms with Gasteiger partial charge in [0.05, 0.1) is 10.6 Å². The van der Waals surface area contributed by atoms with Crippen LogP contribution in [0.1, 0.15) is 12.5 Å². The van der Waals surface area contributed by atoms with Crippen molar-refractivity contribution in [3.63, 3.8) is 0 Å². The van der Waals surface area contributed by atoms with Crippen molar-refractivity contribution in [2.45, 2.75) is 12.5 Å². The second kappa shape index (κ2) is 4.68. The van der Waals surface area contributed by atoms with E-state index >= 15 is 0 Å². The summed E-state index contributed by atoms with van der Waals surface area (Å²) in [7, 11) is 0. The fourth-order valence-corrected chi connectivity index (χ4v) is 2.27. The number of carbonyl (C=O) groups excluding carboxylic acids is 1. The quantitative estimate of drug-likeness (QED) is 0.779. The Kier molecular flexibility index (Phi) is 3.31. The number of ketones is 1. The number of rotatable bonds is 2. The molecule has 20 heavy (non-hydrogen) atoms. The van der Waals surface area contributed by atoms with Gasteiger partial charge in [-0.2, -0.15) is 0 Å². The lowest BCUT2D eigenvalue weighted by molar-refractivity contribution is -0.132. The number of benzene rings is 1. The third kappa shape index (κ3) is 2.05. The van der Waals surface area contributed by atoms with Gasteiger partial charge in [0.25, 0.3) is 5.78 Å². The zero-order chi connectivity index (χ0) is 15.1. The van der Waals surface area contributed by atoms with Gasteiger partial charge < -0.3 is 14.9 Å². The first kappa shape index (κ1) is 14.1. The minimum atomic E-state index is -1.94. The number of halogens is 2. The van der Waals surface area contributed by atoms with E-state index < -0.39 is 34.9 Å². The molecule has 1 aromatic rings. The number of carboxylic acid groups (broad SMARTS) is 1. The third-order valence-corrected chi connectivity index (χ3v) is 3.14. The first-order valence-corrected chi connectivity index (χ1v) is 5.76. The maximum absolute atomic E-state index is 13.9. The fourth-order valence-electron chi connectivity index (χ4n) is 1.93. The number of amides is 1. The summed E-state index contributed by atoms with van der Waals surface area (Å²) in [6, 6.07) is 3.76. The number of ether oxygens (including phenoxy) is 1. The van der Waals surface area contributed by atoms with Crippen molar-refractivity contribution in [3.05, 3.63) is 46.2 Å². The van der Waals surface area contributed by atoms with E-state index in [1.165, 1.54) is 19.1 Å². The van der Waals surface area contributed by atoms with Gasteiger partial charge in [-0.25, -0.2) is 9.18 Å². The van der Waals surface area contributed by atoms with Crippen molar-refractivity contribution in [1.82, 2.24) is 5.32 Å². The van der Waals surface area contributed by atoms with Gasteiger partial charge in [0.2, 0.25) is 17.2 Å². The van der Waals surface area contributed by atoms with Crippen LogP contribution in [0.3, 0.4) is 0 Å². The predicted octanol–water partition coefficient (Wildman–Crippen LogP) is 2.29. The summed E-state index contributed by atoms with van der Waals surface area (Å²) >= 11 is 5.86. The van der Waals surface area contributed by atoms with Crippen molar-refractivity contribution in [2.24, 2.45) is 0 Å². The number of aliphatic hydroxyl groups is 1. The van der Waals surface area contributed by atoms with Crippen molar-refractivity contribution in [1.29, 1.82) is 0 Å². The molecule has 1 aliphatic heterocycles. The molecule has 1 unspecified atom stereocenters. The summed E-state index contributed by atoms with van der Waals surface area (Å²) in [5.41, 5.74) is -2.22. The molecular formula is C12H9ClFNO5. The summed E-state index contributed by atoms with van der Waals surface area (Å²) in [5.74, 6) is -3.40. The molecule has 1 aromatic carbocycles. The molecule has 2 rings (SSSR count). The summed E-state index contributed by atoms with van der Waals surface area (Å²) in [6.45, 7) is 1.19. The predicted molar refractivity (Wildman–Crippen MR) is 65.7 cm³/mol. The Labute approximate surface area is 117 Å². The molecule has 1 aliphatic rings. The van der Waals surface area contributed by atoms with E-state index in [1.807, 2.05) is 0 Å². The van der Waals surface area contributed by atoms with Crippen LogP contribution in [0.4, 0.5) is 9.18 Å². The van der Waals surface area contributed by atoms with Crippen LogP contribution >= 0.6 is 11.6 Å². The maximum Gasteiger partial charge on any atom is 0.411 e. The second-order valence-corrected chi connectivity index (χ2v) is 4.58. The molecule has 0 saturated heterocycles. The van der Waals surface area contributed by atoms with E-state index in [2.05, 4.69) is 0 Å². The van der Waals surface area contributed by atoms with Gasteiger partial charge in [0.15, 0.2) is 0 Å². The Morgan fingerprint density at radius 2 is 2.15 bits per heavy atom. The number of hydrogen-bond acceptors (Lipinski definition) is 4. The molecule has 0 aliphatic carbocycles. The summed E-state index contributed by atoms with van der Waals surface area (Å²) in [4.78, 5) is 22.6. The number of Topliss-reactive ketones (excluding diaryl/α,β-unsaturated/α-hetero) is 1. The lowest BCUT2D eigenvalue weighted by Gasteiger charge is -2.24. The highest BCUT2D eigenvalue weighted by Crippen LogP contribution is 2.41. The molecule has 6 nitrogen and oxygen atoms in total. The van der Waals surface area contributed by atoms with Crippen LogP contribution < -0.4 is 5.32 Å². The van der Waals surface area contributed by atoms with Crippen LogP contribution in [0.2, 0.25) is 5.02 Å². The van der Waals surface area contributed by atoms with Gasteiger partial charge in [0, 0.05) is 0 Å².